The molecule has 0 aliphatic heterocycles. The van der Waals surface area contributed by atoms with Gasteiger partial charge in [-0.1, -0.05) is 37.1 Å². The van der Waals surface area contributed by atoms with Gasteiger partial charge < -0.3 is 34.6 Å². The van der Waals surface area contributed by atoms with E-state index in [2.05, 4.69) is 5.32 Å². The van der Waals surface area contributed by atoms with Crippen molar-refractivity contribution < 1.29 is 43.7 Å². The van der Waals surface area contributed by atoms with Gasteiger partial charge in [-0.05, 0) is 33.6 Å². The Morgan fingerprint density at radius 3 is 2.33 bits per heavy atom. The number of aromatic nitrogens is 1. The predicted molar refractivity (Wildman–Crippen MR) is 136 cm³/mol. The zero-order chi connectivity index (χ0) is 27.1. The molecular formula is C23H33N2O9PS. The largest absolute Gasteiger partial charge is 0.480 e. The first-order chi connectivity index (χ1) is 16.7. The maximum atomic E-state index is 12.2. The number of fused-ring (bicyclic) bond motifs is 1. The van der Waals surface area contributed by atoms with Crippen molar-refractivity contribution in [3.63, 3.8) is 0 Å². The normalized spacial score (nSPS) is 13.8. The first kappa shape index (κ1) is 29.7. The summed E-state index contributed by atoms with van der Waals surface area (Å²) >= 11 is 1.12. The second-order valence-corrected chi connectivity index (χ2v) is 12.2. The number of aliphatic carboxylic acids is 2. The molecule has 0 spiro atoms. The second-order valence-electron chi connectivity index (χ2n) is 9.37. The van der Waals surface area contributed by atoms with Crippen LogP contribution in [-0.4, -0.2) is 66.2 Å². The summed E-state index contributed by atoms with van der Waals surface area (Å²) in [5.74, 6) is -2.40. The summed E-state index contributed by atoms with van der Waals surface area (Å²) in [6.07, 6.45) is 1.98. The minimum absolute atomic E-state index is 0.0722. The van der Waals surface area contributed by atoms with Crippen molar-refractivity contribution in [1.82, 2.24) is 9.88 Å². The third-order valence-electron chi connectivity index (χ3n) is 5.13. The lowest BCUT2D eigenvalue weighted by molar-refractivity contribution is -0.141. The molecule has 1 aromatic carbocycles. The summed E-state index contributed by atoms with van der Waals surface area (Å²) in [7, 11) is -4.09. The fraction of sp³-hybridized carbons (Fsp3) is 0.522. The summed E-state index contributed by atoms with van der Waals surface area (Å²) in [6.45, 7) is 4.98. The quantitative estimate of drug-likeness (QED) is 0.140. The van der Waals surface area contributed by atoms with Crippen LogP contribution in [0.25, 0.3) is 10.8 Å². The van der Waals surface area contributed by atoms with Crippen molar-refractivity contribution in [2.24, 2.45) is 0 Å². The van der Waals surface area contributed by atoms with Crippen LogP contribution < -0.4 is 5.32 Å². The minimum atomic E-state index is -4.09. The molecule has 2 rings (SSSR count). The Hall–Kier alpha value is -2.53. The zero-order valence-electron chi connectivity index (χ0n) is 20.4. The standard InChI is InChI=1S/C23H33N2O9PS/c1-23(2,3)34-22(30)24-17(20(26)27)14-36-19-16-10-7-6-9-15(16)13-25(19)18(21(28)29)11-5-4-8-12-35(31,32)33/h6-7,9-10,13,17-18H,4-5,8,11-12,14H2,1-3H3,(H,24,30)(H,26,27)(H,28,29)(H2,31,32,33)/t17-,18?/m0/s1. The summed E-state index contributed by atoms with van der Waals surface area (Å²) < 4.78 is 17.8. The van der Waals surface area contributed by atoms with Crippen LogP contribution in [-0.2, 0) is 18.9 Å². The number of hydrogen-bond acceptors (Lipinski definition) is 6. The van der Waals surface area contributed by atoms with Gasteiger partial charge in [-0.2, -0.15) is 0 Å². The minimum Gasteiger partial charge on any atom is -0.480 e. The van der Waals surface area contributed by atoms with Crippen LogP contribution in [0.2, 0.25) is 0 Å². The van der Waals surface area contributed by atoms with Crippen LogP contribution in [0, 0.1) is 0 Å². The number of carboxylic acid groups (broad SMARTS) is 2. The summed E-state index contributed by atoms with van der Waals surface area (Å²) in [4.78, 5) is 54.0. The average molecular weight is 545 g/mol. The first-order valence-electron chi connectivity index (χ1n) is 11.4. The number of rotatable bonds is 13. The number of hydrogen-bond donors (Lipinski definition) is 5. The predicted octanol–water partition coefficient (Wildman–Crippen LogP) is 4.08. The molecule has 0 aliphatic rings. The van der Waals surface area contributed by atoms with Gasteiger partial charge in [-0.15, -0.1) is 11.8 Å². The van der Waals surface area contributed by atoms with Crippen LogP contribution in [0.1, 0.15) is 52.5 Å². The highest BCUT2D eigenvalue weighted by Gasteiger charge is 2.27. The van der Waals surface area contributed by atoms with E-state index in [0.717, 1.165) is 22.5 Å². The molecule has 1 unspecified atom stereocenters. The number of carbonyl (C=O) groups is 3. The third-order valence-corrected chi connectivity index (χ3v) is 7.23. The average Bonchev–Trinajstić information content (AvgIpc) is 3.09. The fourth-order valence-corrected chi connectivity index (χ4v) is 5.39. The lowest BCUT2D eigenvalue weighted by Gasteiger charge is -2.22. The molecule has 0 radical (unpaired) electrons. The molecule has 0 fully saturated rings. The molecule has 0 bridgehead atoms. The number of nitrogens with one attached hydrogen (secondary N) is 1. The molecule has 0 aliphatic carbocycles. The molecule has 0 saturated heterocycles. The molecule has 1 aromatic heterocycles. The summed E-state index contributed by atoms with van der Waals surface area (Å²) in [5, 5.41) is 24.0. The number of alkyl carbamates (subject to hydrolysis) is 1. The van der Waals surface area contributed by atoms with Crippen LogP contribution in [0.15, 0.2) is 35.5 Å². The van der Waals surface area contributed by atoms with Gasteiger partial charge in [0, 0.05) is 28.9 Å². The van der Waals surface area contributed by atoms with E-state index in [-0.39, 0.29) is 24.8 Å². The molecule has 0 saturated carbocycles. The summed E-state index contributed by atoms with van der Waals surface area (Å²) in [6, 6.07) is 5.00. The number of unbranched alkanes of at least 4 members (excludes halogenated alkanes) is 2. The molecule has 2 atom stereocenters. The van der Waals surface area contributed by atoms with Crippen molar-refractivity contribution in [2.45, 2.75) is 69.2 Å². The molecule has 1 amide bonds. The van der Waals surface area contributed by atoms with Gasteiger partial charge >= 0.3 is 25.6 Å². The number of ether oxygens (including phenoxy) is 1. The summed E-state index contributed by atoms with van der Waals surface area (Å²) in [5.41, 5.74) is -0.800. The molecule has 2 aromatic rings. The van der Waals surface area contributed by atoms with Crippen molar-refractivity contribution in [2.75, 3.05) is 11.9 Å². The monoisotopic (exact) mass is 544 g/mol. The maximum Gasteiger partial charge on any atom is 0.408 e. The SMILES string of the molecule is CC(C)(C)OC(=O)N[C@@H](CSc1c2ccccc2cn1C(CCCCCP(=O)(O)O)C(=O)O)C(=O)O. The Bertz CT molecular complexity index is 1120. The van der Waals surface area contributed by atoms with E-state index < -0.39 is 43.3 Å². The van der Waals surface area contributed by atoms with Crippen molar-refractivity contribution in [3.8, 4) is 0 Å². The number of nitrogens with zero attached hydrogens (tertiary/aromatic N) is 1. The van der Waals surface area contributed by atoms with Gasteiger partial charge in [-0.25, -0.2) is 14.4 Å². The molecule has 11 nitrogen and oxygen atoms in total. The highest BCUT2D eigenvalue weighted by atomic mass is 32.2. The second kappa shape index (κ2) is 12.6. The first-order valence-corrected chi connectivity index (χ1v) is 14.2. The van der Waals surface area contributed by atoms with Gasteiger partial charge in [0.2, 0.25) is 0 Å². The van der Waals surface area contributed by atoms with Gasteiger partial charge in [0.15, 0.2) is 0 Å². The molecule has 1 heterocycles. The van der Waals surface area contributed by atoms with Gasteiger partial charge in [0.1, 0.15) is 17.7 Å². The molecule has 5 N–H and O–H groups in total. The topological polar surface area (TPSA) is 175 Å². The number of amides is 1. The van der Waals surface area contributed by atoms with Crippen molar-refractivity contribution >= 4 is 48.2 Å². The van der Waals surface area contributed by atoms with E-state index in [0.29, 0.717) is 17.9 Å². The number of benzene rings is 1. The Balaban J connectivity index is 2.22. The van der Waals surface area contributed by atoms with E-state index >= 15 is 0 Å². The van der Waals surface area contributed by atoms with Crippen LogP contribution in [0.4, 0.5) is 4.79 Å². The maximum absolute atomic E-state index is 12.2. The van der Waals surface area contributed by atoms with E-state index in [1.807, 2.05) is 18.2 Å². The Kier molecular flexibility index (Phi) is 10.4. The molecule has 36 heavy (non-hydrogen) atoms. The van der Waals surface area contributed by atoms with Gasteiger partial charge in [-0.3, -0.25) is 4.57 Å². The fourth-order valence-electron chi connectivity index (χ4n) is 3.54. The Labute approximate surface area is 213 Å². The van der Waals surface area contributed by atoms with E-state index in [4.69, 9.17) is 14.5 Å². The number of thioether (sulfide) groups is 1. The van der Waals surface area contributed by atoms with Crippen LogP contribution in [0.3, 0.4) is 0 Å². The zero-order valence-corrected chi connectivity index (χ0v) is 22.1. The van der Waals surface area contributed by atoms with Crippen molar-refractivity contribution in [3.05, 3.63) is 30.5 Å². The molecule has 200 valence electrons. The van der Waals surface area contributed by atoms with Gasteiger partial charge in [0.05, 0.1) is 5.03 Å². The third kappa shape index (κ3) is 9.50. The van der Waals surface area contributed by atoms with Crippen LogP contribution >= 0.6 is 19.4 Å². The number of carbonyl (C=O) groups excluding carboxylic acids is 1. The van der Waals surface area contributed by atoms with E-state index in [1.165, 1.54) is 0 Å². The highest BCUT2D eigenvalue weighted by molar-refractivity contribution is 7.99. The van der Waals surface area contributed by atoms with Crippen molar-refractivity contribution in [1.29, 1.82) is 0 Å². The Morgan fingerprint density at radius 2 is 1.75 bits per heavy atom. The lowest BCUT2D eigenvalue weighted by Crippen LogP contribution is -2.45. The molecule has 13 heteroatoms. The Morgan fingerprint density at radius 1 is 1.08 bits per heavy atom. The van der Waals surface area contributed by atoms with Gasteiger partial charge in [0.25, 0.3) is 0 Å². The lowest BCUT2D eigenvalue weighted by atomic mass is 10.1. The van der Waals surface area contributed by atoms with E-state index in [9.17, 15) is 29.2 Å². The molecular weight excluding hydrogens is 511 g/mol. The number of carboxylic acids is 2. The van der Waals surface area contributed by atoms with E-state index in [1.54, 1.807) is 37.6 Å². The highest BCUT2D eigenvalue weighted by Crippen LogP contribution is 2.37. The smallest absolute Gasteiger partial charge is 0.408 e. The van der Waals surface area contributed by atoms with Crippen LogP contribution in [0.5, 0.6) is 0 Å².